The molecule has 2 aliphatic carbocycles. The Hall–Kier alpha value is -1.06. The topological polar surface area (TPSA) is 49.4 Å². The van der Waals surface area contributed by atoms with E-state index in [2.05, 4.69) is 5.32 Å². The monoisotopic (exact) mass is 264 g/mol. The lowest BCUT2D eigenvalue weighted by Crippen LogP contribution is -2.68. The Balaban J connectivity index is 1.89. The molecule has 19 heavy (non-hydrogen) atoms. The van der Waals surface area contributed by atoms with Gasteiger partial charge in [-0.25, -0.2) is 0 Å². The average molecular weight is 264 g/mol. The molecule has 4 nitrogen and oxygen atoms in total. The number of hydrogen-bond acceptors (Lipinski definition) is 2. The van der Waals surface area contributed by atoms with Crippen LogP contribution in [0.4, 0.5) is 0 Å². The van der Waals surface area contributed by atoms with Crippen LogP contribution in [0.2, 0.25) is 0 Å². The fourth-order valence-corrected chi connectivity index (χ4v) is 4.25. The zero-order chi connectivity index (χ0) is 13.3. The summed E-state index contributed by atoms with van der Waals surface area (Å²) in [6.07, 6.45) is 11.0. The second kappa shape index (κ2) is 5.14. The summed E-state index contributed by atoms with van der Waals surface area (Å²) < 4.78 is 0. The van der Waals surface area contributed by atoms with E-state index in [1.54, 1.807) is 0 Å². The van der Waals surface area contributed by atoms with Crippen LogP contribution in [0.15, 0.2) is 0 Å². The molecule has 0 radical (unpaired) electrons. The predicted molar refractivity (Wildman–Crippen MR) is 72.5 cm³/mol. The van der Waals surface area contributed by atoms with Crippen molar-refractivity contribution in [1.82, 2.24) is 10.2 Å². The molecule has 0 aromatic carbocycles. The van der Waals surface area contributed by atoms with Crippen molar-refractivity contribution in [3.8, 4) is 0 Å². The lowest BCUT2D eigenvalue weighted by molar-refractivity contribution is -0.157. The standard InChI is InChI=1S/C15H24N2O2/c18-13-11-16-14(19)15(9-5-6-10-15)17(13)12-7-3-1-2-4-8-12/h12H,1-11H2,(H,16,19). The van der Waals surface area contributed by atoms with Crippen LogP contribution in [0.3, 0.4) is 0 Å². The smallest absolute Gasteiger partial charge is 0.246 e. The van der Waals surface area contributed by atoms with Crippen molar-refractivity contribution in [2.45, 2.75) is 75.8 Å². The highest BCUT2D eigenvalue weighted by molar-refractivity contribution is 5.98. The van der Waals surface area contributed by atoms with E-state index in [1.807, 2.05) is 4.90 Å². The Morgan fingerprint density at radius 2 is 1.58 bits per heavy atom. The van der Waals surface area contributed by atoms with E-state index >= 15 is 0 Å². The van der Waals surface area contributed by atoms with E-state index < -0.39 is 5.54 Å². The van der Waals surface area contributed by atoms with Gasteiger partial charge in [0.1, 0.15) is 5.54 Å². The van der Waals surface area contributed by atoms with Crippen LogP contribution in [-0.4, -0.2) is 34.8 Å². The van der Waals surface area contributed by atoms with E-state index in [0.29, 0.717) is 6.04 Å². The molecule has 1 saturated heterocycles. The number of amides is 2. The van der Waals surface area contributed by atoms with E-state index in [0.717, 1.165) is 38.5 Å². The lowest BCUT2D eigenvalue weighted by atomic mass is 9.88. The molecular formula is C15H24N2O2. The molecule has 106 valence electrons. The van der Waals surface area contributed by atoms with Crippen LogP contribution in [0, 0.1) is 0 Å². The third kappa shape index (κ3) is 2.15. The van der Waals surface area contributed by atoms with Crippen molar-refractivity contribution < 1.29 is 9.59 Å². The number of nitrogens with one attached hydrogen (secondary N) is 1. The Bertz CT molecular complexity index is 366. The molecule has 1 aliphatic heterocycles. The SMILES string of the molecule is O=C1CNC(=O)C2(CCCC2)N1C1CCCCCC1. The third-order valence-corrected chi connectivity index (χ3v) is 5.17. The summed E-state index contributed by atoms with van der Waals surface area (Å²) in [4.78, 5) is 26.8. The van der Waals surface area contributed by atoms with Gasteiger partial charge in [0.25, 0.3) is 0 Å². The largest absolute Gasteiger partial charge is 0.345 e. The van der Waals surface area contributed by atoms with Crippen LogP contribution in [0.25, 0.3) is 0 Å². The number of carbonyl (C=O) groups excluding carboxylic acids is 2. The molecule has 0 aromatic heterocycles. The fraction of sp³-hybridized carbons (Fsp3) is 0.867. The zero-order valence-corrected chi connectivity index (χ0v) is 11.6. The quantitative estimate of drug-likeness (QED) is 0.736. The molecule has 0 aromatic rings. The van der Waals surface area contributed by atoms with Gasteiger partial charge in [0.15, 0.2) is 0 Å². The Morgan fingerprint density at radius 1 is 0.947 bits per heavy atom. The lowest BCUT2D eigenvalue weighted by Gasteiger charge is -2.47. The van der Waals surface area contributed by atoms with Gasteiger partial charge in [0.05, 0.1) is 6.54 Å². The first-order valence-corrected chi connectivity index (χ1v) is 7.84. The van der Waals surface area contributed by atoms with Crippen molar-refractivity contribution in [3.05, 3.63) is 0 Å². The molecule has 1 N–H and O–H groups in total. The molecular weight excluding hydrogens is 240 g/mol. The Morgan fingerprint density at radius 3 is 2.21 bits per heavy atom. The maximum absolute atomic E-state index is 12.4. The first-order valence-electron chi connectivity index (χ1n) is 7.84. The van der Waals surface area contributed by atoms with Gasteiger partial charge in [0, 0.05) is 6.04 Å². The highest BCUT2D eigenvalue weighted by Crippen LogP contribution is 2.40. The van der Waals surface area contributed by atoms with Crippen LogP contribution in [0.1, 0.15) is 64.2 Å². The summed E-state index contributed by atoms with van der Waals surface area (Å²) in [6.45, 7) is 0.205. The van der Waals surface area contributed by atoms with Gasteiger partial charge in [-0.3, -0.25) is 9.59 Å². The van der Waals surface area contributed by atoms with Gasteiger partial charge in [-0.05, 0) is 25.7 Å². The third-order valence-electron chi connectivity index (χ3n) is 5.17. The Kier molecular flexibility index (Phi) is 3.50. The van der Waals surface area contributed by atoms with Gasteiger partial charge in [0.2, 0.25) is 11.8 Å². The molecule has 2 saturated carbocycles. The van der Waals surface area contributed by atoms with Crippen molar-refractivity contribution >= 4 is 11.8 Å². The zero-order valence-electron chi connectivity index (χ0n) is 11.6. The summed E-state index contributed by atoms with van der Waals surface area (Å²) in [5.74, 6) is 0.252. The van der Waals surface area contributed by atoms with Gasteiger partial charge in [-0.1, -0.05) is 38.5 Å². The number of nitrogens with zero attached hydrogens (tertiary/aromatic N) is 1. The van der Waals surface area contributed by atoms with E-state index in [-0.39, 0.29) is 18.4 Å². The molecule has 3 aliphatic rings. The molecule has 3 fully saturated rings. The summed E-state index contributed by atoms with van der Waals surface area (Å²) in [7, 11) is 0. The number of rotatable bonds is 1. The second-order valence-electron chi connectivity index (χ2n) is 6.33. The van der Waals surface area contributed by atoms with Crippen molar-refractivity contribution in [1.29, 1.82) is 0 Å². The van der Waals surface area contributed by atoms with Crippen molar-refractivity contribution in [2.75, 3.05) is 6.54 Å². The van der Waals surface area contributed by atoms with Gasteiger partial charge < -0.3 is 10.2 Å². The number of piperazine rings is 1. The molecule has 2 amide bonds. The van der Waals surface area contributed by atoms with Crippen LogP contribution in [-0.2, 0) is 9.59 Å². The predicted octanol–water partition coefficient (Wildman–Crippen LogP) is 1.98. The van der Waals surface area contributed by atoms with E-state index in [4.69, 9.17) is 0 Å². The molecule has 1 heterocycles. The maximum atomic E-state index is 12.4. The molecule has 0 atom stereocenters. The number of carbonyl (C=O) groups is 2. The van der Waals surface area contributed by atoms with Gasteiger partial charge in [-0.15, -0.1) is 0 Å². The van der Waals surface area contributed by atoms with Crippen molar-refractivity contribution in [2.24, 2.45) is 0 Å². The molecule has 3 rings (SSSR count). The highest BCUT2D eigenvalue weighted by atomic mass is 16.2. The minimum atomic E-state index is -0.496. The van der Waals surface area contributed by atoms with Crippen LogP contribution in [0.5, 0.6) is 0 Å². The van der Waals surface area contributed by atoms with E-state index in [9.17, 15) is 9.59 Å². The minimum absolute atomic E-state index is 0.105. The number of hydrogen-bond donors (Lipinski definition) is 1. The second-order valence-corrected chi connectivity index (χ2v) is 6.33. The van der Waals surface area contributed by atoms with Crippen molar-refractivity contribution in [3.63, 3.8) is 0 Å². The van der Waals surface area contributed by atoms with Crippen LogP contribution < -0.4 is 5.32 Å². The molecule has 0 bridgehead atoms. The summed E-state index contributed by atoms with van der Waals surface area (Å²) in [5.41, 5.74) is -0.496. The van der Waals surface area contributed by atoms with E-state index in [1.165, 1.54) is 25.7 Å². The summed E-state index contributed by atoms with van der Waals surface area (Å²) >= 11 is 0. The minimum Gasteiger partial charge on any atom is -0.345 e. The van der Waals surface area contributed by atoms with Crippen LogP contribution >= 0.6 is 0 Å². The summed E-state index contributed by atoms with van der Waals surface area (Å²) in [5, 5.41) is 2.82. The molecule has 4 heteroatoms. The first kappa shape index (κ1) is 12.9. The van der Waals surface area contributed by atoms with Gasteiger partial charge >= 0.3 is 0 Å². The first-order chi connectivity index (χ1) is 9.24. The molecule has 1 spiro atoms. The normalized spacial score (nSPS) is 28.5. The Labute approximate surface area is 114 Å². The summed E-state index contributed by atoms with van der Waals surface area (Å²) in [6, 6.07) is 0.305. The van der Waals surface area contributed by atoms with Gasteiger partial charge in [-0.2, -0.15) is 0 Å². The highest BCUT2D eigenvalue weighted by Gasteiger charge is 2.52. The molecule has 0 unspecified atom stereocenters. The maximum Gasteiger partial charge on any atom is 0.246 e. The fourth-order valence-electron chi connectivity index (χ4n) is 4.25. The average Bonchev–Trinajstić information content (AvgIpc) is 2.72.